The summed E-state index contributed by atoms with van der Waals surface area (Å²) in [7, 11) is 2.10. The van der Waals surface area contributed by atoms with Gasteiger partial charge in [-0.1, -0.05) is 0 Å². The van der Waals surface area contributed by atoms with Gasteiger partial charge >= 0.3 is 0 Å². The van der Waals surface area contributed by atoms with Crippen molar-refractivity contribution in [2.45, 2.75) is 18.3 Å². The fourth-order valence-electron chi connectivity index (χ4n) is 2.31. The van der Waals surface area contributed by atoms with Gasteiger partial charge in [0.1, 0.15) is 0 Å². The fraction of sp³-hybridized carbons (Fsp3) is 0.636. The Labute approximate surface area is 93.9 Å². The van der Waals surface area contributed by atoms with Gasteiger partial charge in [0, 0.05) is 17.5 Å². The monoisotopic (exact) mass is 228 g/mol. The molecule has 0 bridgehead atoms. The molecule has 84 valence electrons. The molecule has 1 fully saturated rings. The number of piperidine rings is 1. The molecule has 2 heterocycles. The summed E-state index contributed by atoms with van der Waals surface area (Å²) in [5, 5.41) is 1.77. The van der Waals surface area contributed by atoms with Gasteiger partial charge in [0.2, 0.25) is 0 Å². The van der Waals surface area contributed by atoms with Crippen molar-refractivity contribution in [3.8, 4) is 0 Å². The molecule has 1 aromatic heterocycles. The maximum atomic E-state index is 13.6. The molecule has 0 radical (unpaired) electrons. The zero-order chi connectivity index (χ0) is 10.9. The molecule has 1 saturated heterocycles. The highest BCUT2D eigenvalue weighted by molar-refractivity contribution is 7.08. The first-order valence-electron chi connectivity index (χ1n) is 5.30. The molecule has 0 aliphatic carbocycles. The van der Waals surface area contributed by atoms with Gasteiger partial charge in [-0.05, 0) is 44.4 Å². The van der Waals surface area contributed by atoms with Gasteiger partial charge in [0.25, 0.3) is 0 Å². The van der Waals surface area contributed by atoms with E-state index in [4.69, 9.17) is 5.73 Å². The number of nitrogens with zero attached hydrogens (tertiary/aromatic N) is 1. The Hall–Kier alpha value is -0.450. The molecular formula is C11H17FN2S. The lowest BCUT2D eigenvalue weighted by Gasteiger charge is -2.39. The zero-order valence-electron chi connectivity index (χ0n) is 9.00. The van der Waals surface area contributed by atoms with Crippen molar-refractivity contribution in [3.05, 3.63) is 22.1 Å². The van der Waals surface area contributed by atoms with Crippen molar-refractivity contribution in [2.75, 3.05) is 26.7 Å². The van der Waals surface area contributed by atoms with Crippen LogP contribution >= 0.6 is 11.3 Å². The number of rotatable bonds is 2. The summed E-state index contributed by atoms with van der Waals surface area (Å²) in [4.78, 5) is 2.28. The van der Waals surface area contributed by atoms with Crippen molar-refractivity contribution in [2.24, 2.45) is 5.73 Å². The smallest absolute Gasteiger partial charge is 0.180 e. The highest BCUT2D eigenvalue weighted by atomic mass is 32.1. The molecule has 0 aromatic carbocycles. The molecule has 2 nitrogen and oxygen atoms in total. The van der Waals surface area contributed by atoms with Crippen molar-refractivity contribution in [3.63, 3.8) is 0 Å². The van der Waals surface area contributed by atoms with E-state index in [1.807, 2.05) is 11.4 Å². The topological polar surface area (TPSA) is 29.3 Å². The van der Waals surface area contributed by atoms with Crippen LogP contribution in [0.3, 0.4) is 0 Å². The Balaban J connectivity index is 2.26. The molecule has 0 atom stereocenters. The molecule has 1 aliphatic heterocycles. The lowest BCUT2D eigenvalue weighted by atomic mass is 9.74. The maximum absolute atomic E-state index is 13.6. The Kier molecular flexibility index (Phi) is 3.09. The molecule has 0 saturated carbocycles. The largest absolute Gasteiger partial charge is 0.330 e. The third-order valence-electron chi connectivity index (χ3n) is 3.52. The molecule has 2 N–H and O–H groups in total. The molecule has 0 spiro atoms. The predicted octanol–water partition coefficient (Wildman–Crippen LogP) is 1.81. The average Bonchev–Trinajstić information content (AvgIpc) is 2.67. The zero-order valence-corrected chi connectivity index (χ0v) is 9.82. The molecule has 15 heavy (non-hydrogen) atoms. The third kappa shape index (κ3) is 1.94. The van der Waals surface area contributed by atoms with E-state index in [9.17, 15) is 4.39 Å². The van der Waals surface area contributed by atoms with Crippen LogP contribution in [0.15, 0.2) is 11.4 Å². The average molecular weight is 228 g/mol. The molecule has 0 unspecified atom stereocenters. The SMILES string of the molecule is CN1CCC(CN)(c2ccsc2F)CC1. The molecule has 4 heteroatoms. The molecule has 0 amide bonds. The van der Waals surface area contributed by atoms with E-state index in [2.05, 4.69) is 11.9 Å². The van der Waals surface area contributed by atoms with E-state index in [-0.39, 0.29) is 10.5 Å². The summed E-state index contributed by atoms with van der Waals surface area (Å²) in [5.41, 5.74) is 6.58. The van der Waals surface area contributed by atoms with Crippen LogP contribution in [-0.4, -0.2) is 31.6 Å². The lowest BCUT2D eigenvalue weighted by molar-refractivity contribution is 0.189. The Bertz CT molecular complexity index is 329. The van der Waals surface area contributed by atoms with Crippen LogP contribution in [0.5, 0.6) is 0 Å². The van der Waals surface area contributed by atoms with E-state index < -0.39 is 0 Å². The van der Waals surface area contributed by atoms with Crippen LogP contribution in [0.25, 0.3) is 0 Å². The summed E-state index contributed by atoms with van der Waals surface area (Å²) >= 11 is 1.18. The Morgan fingerprint density at radius 3 is 2.67 bits per heavy atom. The minimum absolute atomic E-state index is 0.0509. The number of hydrogen-bond acceptors (Lipinski definition) is 3. The second-order valence-electron chi connectivity index (χ2n) is 4.40. The van der Waals surface area contributed by atoms with Gasteiger partial charge in [-0.25, -0.2) is 0 Å². The van der Waals surface area contributed by atoms with Gasteiger partial charge in [-0.15, -0.1) is 11.3 Å². The van der Waals surface area contributed by atoms with Gasteiger partial charge < -0.3 is 10.6 Å². The summed E-state index contributed by atoms with van der Waals surface area (Å²) in [5.74, 6) is 0. The van der Waals surface area contributed by atoms with E-state index in [1.54, 1.807) is 0 Å². The van der Waals surface area contributed by atoms with Crippen LogP contribution in [0.4, 0.5) is 4.39 Å². The molecular weight excluding hydrogens is 211 g/mol. The van der Waals surface area contributed by atoms with Crippen molar-refractivity contribution in [1.82, 2.24) is 4.90 Å². The predicted molar refractivity (Wildman–Crippen MR) is 61.7 cm³/mol. The molecule has 1 aliphatic rings. The molecule has 2 rings (SSSR count). The van der Waals surface area contributed by atoms with Crippen LogP contribution in [0, 0.1) is 5.13 Å². The minimum atomic E-state index is -0.114. The number of halogens is 1. The molecule has 1 aromatic rings. The number of nitrogens with two attached hydrogens (primary N) is 1. The van der Waals surface area contributed by atoms with Crippen molar-refractivity contribution < 1.29 is 4.39 Å². The highest BCUT2D eigenvalue weighted by Crippen LogP contribution is 2.37. The quantitative estimate of drug-likeness (QED) is 0.836. The first-order valence-corrected chi connectivity index (χ1v) is 6.18. The van der Waals surface area contributed by atoms with E-state index >= 15 is 0 Å². The first kappa shape index (κ1) is 11.0. The summed E-state index contributed by atoms with van der Waals surface area (Å²) < 4.78 is 13.6. The summed E-state index contributed by atoms with van der Waals surface area (Å²) in [6.45, 7) is 2.56. The van der Waals surface area contributed by atoms with E-state index in [1.165, 1.54) is 11.3 Å². The van der Waals surface area contributed by atoms with E-state index in [0.717, 1.165) is 31.5 Å². The Morgan fingerprint density at radius 2 is 2.20 bits per heavy atom. The second-order valence-corrected chi connectivity index (χ2v) is 5.26. The number of hydrogen-bond donors (Lipinski definition) is 1. The number of likely N-dealkylation sites (tertiary alicyclic amines) is 1. The summed E-state index contributed by atoms with van der Waals surface area (Å²) in [6.07, 6.45) is 1.93. The number of thiophene rings is 1. The van der Waals surface area contributed by atoms with Crippen LogP contribution in [0.2, 0.25) is 0 Å². The van der Waals surface area contributed by atoms with Gasteiger partial charge in [0.15, 0.2) is 5.13 Å². The van der Waals surface area contributed by atoms with Gasteiger partial charge in [0.05, 0.1) is 0 Å². The van der Waals surface area contributed by atoms with Crippen LogP contribution < -0.4 is 5.73 Å². The van der Waals surface area contributed by atoms with Crippen LogP contribution in [-0.2, 0) is 5.41 Å². The fourth-order valence-corrected chi connectivity index (χ4v) is 3.04. The summed E-state index contributed by atoms with van der Waals surface area (Å²) in [6, 6.07) is 1.90. The standard InChI is InChI=1S/C11H17FN2S/c1-14-5-3-11(8-13,4-6-14)9-2-7-15-10(9)12/h2,7H,3-6,8,13H2,1H3. The van der Waals surface area contributed by atoms with Crippen molar-refractivity contribution in [1.29, 1.82) is 0 Å². The maximum Gasteiger partial charge on any atom is 0.180 e. The highest BCUT2D eigenvalue weighted by Gasteiger charge is 2.36. The minimum Gasteiger partial charge on any atom is -0.330 e. The third-order valence-corrected chi connectivity index (χ3v) is 4.22. The lowest BCUT2D eigenvalue weighted by Crippen LogP contribution is -2.45. The van der Waals surface area contributed by atoms with Crippen molar-refractivity contribution >= 4 is 11.3 Å². The van der Waals surface area contributed by atoms with Gasteiger partial charge in [-0.3, -0.25) is 0 Å². The Morgan fingerprint density at radius 1 is 1.53 bits per heavy atom. The van der Waals surface area contributed by atoms with Crippen LogP contribution in [0.1, 0.15) is 18.4 Å². The van der Waals surface area contributed by atoms with E-state index in [0.29, 0.717) is 6.54 Å². The first-order chi connectivity index (χ1) is 7.18. The normalized spacial score (nSPS) is 21.8. The van der Waals surface area contributed by atoms with Gasteiger partial charge in [-0.2, -0.15) is 4.39 Å². The second kappa shape index (κ2) is 4.20.